The van der Waals surface area contributed by atoms with E-state index in [4.69, 9.17) is 48.6 Å². The van der Waals surface area contributed by atoms with Crippen LogP contribution in [0.5, 0.6) is 11.5 Å². The SMILES string of the molecule is CC(=O)Cl.COc1ccc(C(=O)O)cc1C.COc1ccc(C(=O)O)cc1N.ClCCl. The summed E-state index contributed by atoms with van der Waals surface area (Å²) in [6, 6.07) is 9.09. The second kappa shape index (κ2) is 17.0. The van der Waals surface area contributed by atoms with Gasteiger partial charge in [-0.3, -0.25) is 4.79 Å². The number of rotatable bonds is 4. The minimum atomic E-state index is -0.996. The molecule has 8 nitrogen and oxygen atoms in total. The molecule has 172 valence electrons. The summed E-state index contributed by atoms with van der Waals surface area (Å²) in [5.41, 5.74) is 7.09. The minimum absolute atomic E-state index is 0.160. The number of benzene rings is 2. The summed E-state index contributed by atoms with van der Waals surface area (Å²) in [6.45, 7) is 3.10. The van der Waals surface area contributed by atoms with Crippen LogP contribution < -0.4 is 15.2 Å². The van der Waals surface area contributed by atoms with Crippen LogP contribution >= 0.6 is 34.8 Å². The molecule has 2 aromatic rings. The van der Waals surface area contributed by atoms with Crippen molar-refractivity contribution in [1.82, 2.24) is 0 Å². The van der Waals surface area contributed by atoms with Gasteiger partial charge in [0.1, 0.15) is 11.5 Å². The predicted molar refractivity (Wildman–Crippen MR) is 122 cm³/mol. The van der Waals surface area contributed by atoms with E-state index < -0.39 is 11.9 Å². The fourth-order valence-electron chi connectivity index (χ4n) is 1.88. The Bertz CT molecular complexity index is 793. The highest BCUT2D eigenvalue weighted by Gasteiger charge is 2.06. The lowest BCUT2D eigenvalue weighted by atomic mass is 10.1. The molecule has 0 spiro atoms. The Morgan fingerprint density at radius 2 is 1.26 bits per heavy atom. The average Bonchev–Trinajstić information content (AvgIpc) is 2.68. The van der Waals surface area contributed by atoms with Crippen molar-refractivity contribution in [3.63, 3.8) is 0 Å². The Hall–Kier alpha value is -2.68. The first-order chi connectivity index (χ1) is 14.4. The molecule has 0 unspecified atom stereocenters. The number of hydrogen-bond acceptors (Lipinski definition) is 6. The zero-order valence-corrected chi connectivity index (χ0v) is 19.6. The second-order valence-corrected chi connectivity index (χ2v) is 6.66. The topological polar surface area (TPSA) is 136 Å². The first kappa shape index (κ1) is 30.5. The highest BCUT2D eigenvalue weighted by molar-refractivity contribution is 6.62. The van der Waals surface area contributed by atoms with Crippen molar-refractivity contribution < 1.29 is 34.1 Å². The molecule has 0 bridgehead atoms. The molecule has 0 radical (unpaired) electrons. The summed E-state index contributed by atoms with van der Waals surface area (Å²) >= 11 is 14.2. The maximum atomic E-state index is 10.5. The number of alkyl halides is 2. The van der Waals surface area contributed by atoms with Crippen molar-refractivity contribution >= 4 is 57.7 Å². The van der Waals surface area contributed by atoms with E-state index >= 15 is 0 Å². The van der Waals surface area contributed by atoms with Gasteiger partial charge in [0.2, 0.25) is 5.24 Å². The number of aromatic carboxylic acids is 2. The molecule has 0 aliphatic carbocycles. The first-order valence-electron chi connectivity index (χ1n) is 8.27. The number of anilines is 1. The van der Waals surface area contributed by atoms with Crippen LogP contribution in [0, 0.1) is 6.92 Å². The maximum Gasteiger partial charge on any atom is 0.335 e. The molecule has 2 rings (SSSR count). The maximum absolute atomic E-state index is 10.5. The van der Waals surface area contributed by atoms with Gasteiger partial charge in [-0.25, -0.2) is 9.59 Å². The van der Waals surface area contributed by atoms with Crippen LogP contribution in [0.15, 0.2) is 36.4 Å². The first-order valence-corrected chi connectivity index (χ1v) is 9.72. The molecule has 0 saturated heterocycles. The van der Waals surface area contributed by atoms with Gasteiger partial charge >= 0.3 is 11.9 Å². The van der Waals surface area contributed by atoms with Gasteiger partial charge in [0, 0.05) is 6.92 Å². The van der Waals surface area contributed by atoms with Gasteiger partial charge in [0.15, 0.2) is 0 Å². The number of carboxylic acid groups (broad SMARTS) is 2. The van der Waals surface area contributed by atoms with Gasteiger partial charge in [-0.1, -0.05) is 0 Å². The largest absolute Gasteiger partial charge is 0.496 e. The van der Waals surface area contributed by atoms with E-state index in [-0.39, 0.29) is 21.7 Å². The zero-order valence-electron chi connectivity index (χ0n) is 17.3. The van der Waals surface area contributed by atoms with E-state index in [0.717, 1.165) is 5.56 Å². The Kier molecular flexibility index (Phi) is 16.8. The summed E-state index contributed by atoms with van der Waals surface area (Å²) in [6.07, 6.45) is 0. The van der Waals surface area contributed by atoms with Crippen molar-refractivity contribution in [2.45, 2.75) is 13.8 Å². The fourth-order valence-corrected chi connectivity index (χ4v) is 1.88. The highest BCUT2D eigenvalue weighted by atomic mass is 35.5. The molecule has 4 N–H and O–H groups in total. The Balaban J connectivity index is 0. The number of nitrogen functional groups attached to an aromatic ring is 1. The van der Waals surface area contributed by atoms with Crippen LogP contribution in [0.1, 0.15) is 33.2 Å². The lowest BCUT2D eigenvalue weighted by molar-refractivity contribution is -0.109. The van der Waals surface area contributed by atoms with Gasteiger partial charge < -0.3 is 25.4 Å². The molecule has 0 aliphatic rings. The van der Waals surface area contributed by atoms with Crippen molar-refractivity contribution in [2.24, 2.45) is 0 Å². The number of hydrogen-bond donors (Lipinski definition) is 3. The van der Waals surface area contributed by atoms with Crippen LogP contribution in [-0.4, -0.2) is 47.0 Å². The van der Waals surface area contributed by atoms with Gasteiger partial charge in [0.05, 0.1) is 36.4 Å². The number of ether oxygens (including phenoxy) is 2. The smallest absolute Gasteiger partial charge is 0.335 e. The Morgan fingerprint density at radius 3 is 1.55 bits per heavy atom. The predicted octanol–water partition coefficient (Wildman–Crippen LogP) is 4.87. The van der Waals surface area contributed by atoms with E-state index in [9.17, 15) is 14.4 Å². The monoisotopic (exact) mass is 495 g/mol. The van der Waals surface area contributed by atoms with Crippen molar-refractivity contribution in [1.29, 1.82) is 0 Å². The fraction of sp³-hybridized carbons (Fsp3) is 0.250. The van der Waals surface area contributed by atoms with Crippen LogP contribution in [0.2, 0.25) is 0 Å². The van der Waals surface area contributed by atoms with Gasteiger partial charge in [-0.15, -0.1) is 23.2 Å². The van der Waals surface area contributed by atoms with E-state index in [0.29, 0.717) is 17.2 Å². The lowest BCUT2D eigenvalue weighted by Crippen LogP contribution is -1.99. The number of carboxylic acids is 2. The van der Waals surface area contributed by atoms with Gasteiger partial charge in [0.25, 0.3) is 0 Å². The van der Waals surface area contributed by atoms with Crippen LogP contribution in [0.25, 0.3) is 0 Å². The van der Waals surface area contributed by atoms with Crippen LogP contribution in [0.3, 0.4) is 0 Å². The van der Waals surface area contributed by atoms with Gasteiger partial charge in [-0.05, 0) is 60.5 Å². The normalized spacial score (nSPS) is 8.74. The number of halogens is 3. The van der Waals surface area contributed by atoms with E-state index in [2.05, 4.69) is 11.6 Å². The standard InChI is InChI=1S/C9H10O3.C8H9NO3.C2H3ClO.CH2Cl2/c1-6-5-7(9(10)11)3-4-8(6)12-2;1-12-7-3-2-5(8(10)11)4-6(7)9;1-2(3)4;2-1-3/h3-5H,1-2H3,(H,10,11);2-4H,9H2,1H3,(H,10,11);1H3;1H2. The molecule has 0 heterocycles. The molecular weight excluding hydrogens is 473 g/mol. The third kappa shape index (κ3) is 14.0. The molecule has 0 fully saturated rings. The third-order valence-corrected chi connectivity index (χ3v) is 3.12. The summed E-state index contributed by atoms with van der Waals surface area (Å²) in [4.78, 5) is 30.2. The molecule has 0 aromatic heterocycles. The minimum Gasteiger partial charge on any atom is -0.496 e. The van der Waals surface area contributed by atoms with E-state index in [1.807, 2.05) is 6.92 Å². The lowest BCUT2D eigenvalue weighted by Gasteiger charge is -2.03. The third-order valence-electron chi connectivity index (χ3n) is 3.12. The van der Waals surface area contributed by atoms with Crippen molar-refractivity contribution in [2.75, 3.05) is 25.3 Å². The number of carbonyl (C=O) groups is 3. The second-order valence-electron chi connectivity index (χ2n) is 5.32. The molecular formula is C20H24Cl3NO7. The highest BCUT2D eigenvalue weighted by Crippen LogP contribution is 2.21. The van der Waals surface area contributed by atoms with Crippen molar-refractivity contribution in [3.05, 3.63) is 53.1 Å². The van der Waals surface area contributed by atoms with E-state index in [1.54, 1.807) is 19.2 Å². The summed E-state index contributed by atoms with van der Waals surface area (Å²) in [5.74, 6) is -0.717. The summed E-state index contributed by atoms with van der Waals surface area (Å²) in [7, 11) is 3.04. The molecule has 11 heteroatoms. The zero-order chi connectivity index (χ0) is 24.6. The summed E-state index contributed by atoms with van der Waals surface area (Å²) < 4.78 is 9.85. The molecule has 0 atom stereocenters. The Morgan fingerprint density at radius 1 is 0.903 bits per heavy atom. The Labute approximate surface area is 195 Å². The summed E-state index contributed by atoms with van der Waals surface area (Å²) in [5, 5.41) is 17.0. The molecule has 31 heavy (non-hydrogen) atoms. The number of nitrogens with two attached hydrogens (primary N) is 1. The number of aryl methyl sites for hydroxylation is 1. The molecule has 0 amide bonds. The molecule has 0 aliphatic heterocycles. The van der Waals surface area contributed by atoms with Crippen LogP contribution in [0.4, 0.5) is 5.69 Å². The van der Waals surface area contributed by atoms with Gasteiger partial charge in [-0.2, -0.15) is 0 Å². The van der Waals surface area contributed by atoms with Crippen LogP contribution in [-0.2, 0) is 4.79 Å². The molecule has 0 saturated carbocycles. The number of methoxy groups -OCH3 is 2. The molecule has 2 aromatic carbocycles. The van der Waals surface area contributed by atoms with E-state index in [1.165, 1.54) is 38.3 Å². The number of carbonyl (C=O) groups excluding carboxylic acids is 1. The van der Waals surface area contributed by atoms with Crippen molar-refractivity contribution in [3.8, 4) is 11.5 Å². The average molecular weight is 497 g/mol. The quantitative estimate of drug-likeness (QED) is 0.310.